The molecule has 2 fully saturated rings. The number of benzene rings is 1. The van der Waals surface area contributed by atoms with Crippen LogP contribution < -0.4 is 5.32 Å². The van der Waals surface area contributed by atoms with Crippen molar-refractivity contribution in [2.24, 2.45) is 17.8 Å². The summed E-state index contributed by atoms with van der Waals surface area (Å²) in [5.74, 6) is 2.51. The number of carbonyl (C=O) groups is 1. The fraction of sp³-hybridized carbons (Fsp3) is 0.529. The number of amides is 1. The second-order valence-corrected chi connectivity index (χ2v) is 8.64. The van der Waals surface area contributed by atoms with E-state index in [0.717, 1.165) is 32.1 Å². The van der Waals surface area contributed by atoms with Gasteiger partial charge in [0.05, 0.1) is 10.2 Å². The van der Waals surface area contributed by atoms with Crippen molar-refractivity contribution in [1.29, 1.82) is 0 Å². The molecule has 2 aliphatic rings. The fourth-order valence-corrected chi connectivity index (χ4v) is 5.67. The van der Waals surface area contributed by atoms with Gasteiger partial charge in [-0.25, -0.2) is 4.98 Å². The standard InChI is InChI=1S/C17H20N2OS2/c1-21-17-19-14-5-4-13(9-15(14)22-17)18-16(20)8-12-7-10-2-3-11(12)6-10/h4-5,9-12H,2-3,6-8H2,1H3,(H,18,20). The van der Waals surface area contributed by atoms with Crippen LogP contribution in [0.25, 0.3) is 10.2 Å². The number of anilines is 1. The van der Waals surface area contributed by atoms with Crippen LogP contribution in [0, 0.1) is 17.8 Å². The van der Waals surface area contributed by atoms with E-state index in [9.17, 15) is 4.79 Å². The highest BCUT2D eigenvalue weighted by Crippen LogP contribution is 2.49. The van der Waals surface area contributed by atoms with Crippen molar-refractivity contribution in [3.63, 3.8) is 0 Å². The molecular formula is C17H20N2OS2. The first-order valence-corrected chi connectivity index (χ1v) is 10.00. The average molecular weight is 332 g/mol. The summed E-state index contributed by atoms with van der Waals surface area (Å²) < 4.78 is 2.21. The summed E-state index contributed by atoms with van der Waals surface area (Å²) in [5, 5.41) is 3.08. The van der Waals surface area contributed by atoms with Gasteiger partial charge >= 0.3 is 0 Å². The highest BCUT2D eigenvalue weighted by molar-refractivity contribution is 8.00. The fourth-order valence-electron chi connectivity index (χ4n) is 4.15. The van der Waals surface area contributed by atoms with Crippen LogP contribution in [0.5, 0.6) is 0 Å². The third kappa shape index (κ3) is 2.76. The summed E-state index contributed by atoms with van der Waals surface area (Å²) in [5.41, 5.74) is 1.91. The molecule has 2 bridgehead atoms. The third-order valence-corrected chi connectivity index (χ3v) is 7.16. The molecule has 2 aliphatic carbocycles. The summed E-state index contributed by atoms with van der Waals surface area (Å²) in [6.07, 6.45) is 8.09. The van der Waals surface area contributed by atoms with E-state index >= 15 is 0 Å². The first kappa shape index (κ1) is 14.5. The van der Waals surface area contributed by atoms with Gasteiger partial charge in [0.15, 0.2) is 4.34 Å². The lowest BCUT2D eigenvalue weighted by Crippen LogP contribution is -2.20. The van der Waals surface area contributed by atoms with Crippen molar-refractivity contribution in [1.82, 2.24) is 4.98 Å². The zero-order valence-electron chi connectivity index (χ0n) is 12.7. The van der Waals surface area contributed by atoms with Gasteiger partial charge in [0.25, 0.3) is 0 Å². The second kappa shape index (κ2) is 5.85. The van der Waals surface area contributed by atoms with Crippen LogP contribution in [-0.4, -0.2) is 17.1 Å². The molecule has 1 heterocycles. The Balaban J connectivity index is 1.42. The van der Waals surface area contributed by atoms with E-state index < -0.39 is 0 Å². The van der Waals surface area contributed by atoms with Crippen molar-refractivity contribution < 1.29 is 4.79 Å². The van der Waals surface area contributed by atoms with Crippen LogP contribution in [-0.2, 0) is 4.79 Å². The van der Waals surface area contributed by atoms with Gasteiger partial charge in [0.2, 0.25) is 5.91 Å². The second-order valence-electron chi connectivity index (χ2n) is 6.55. The molecule has 0 saturated heterocycles. The number of carbonyl (C=O) groups excluding carboxylic acids is 1. The highest BCUT2D eigenvalue weighted by Gasteiger charge is 2.40. The minimum absolute atomic E-state index is 0.173. The Bertz CT molecular complexity index is 712. The number of thiazole rings is 1. The minimum atomic E-state index is 0.173. The molecule has 3 unspecified atom stereocenters. The lowest BCUT2D eigenvalue weighted by molar-refractivity contribution is -0.117. The summed E-state index contributed by atoms with van der Waals surface area (Å²) >= 11 is 3.34. The van der Waals surface area contributed by atoms with E-state index in [0.29, 0.717) is 12.3 Å². The molecule has 1 N–H and O–H groups in total. The molecule has 1 amide bonds. The molecule has 0 aliphatic heterocycles. The number of rotatable bonds is 4. The molecule has 5 heteroatoms. The summed E-state index contributed by atoms with van der Waals surface area (Å²) in [6, 6.07) is 6.01. The van der Waals surface area contributed by atoms with Crippen LogP contribution in [0.3, 0.4) is 0 Å². The number of nitrogens with one attached hydrogen (secondary N) is 1. The SMILES string of the molecule is CSc1nc2ccc(NC(=O)CC3CC4CCC3C4)cc2s1. The maximum absolute atomic E-state index is 12.3. The van der Waals surface area contributed by atoms with Crippen molar-refractivity contribution in [2.75, 3.05) is 11.6 Å². The Morgan fingerprint density at radius 2 is 2.32 bits per heavy atom. The zero-order chi connectivity index (χ0) is 15.1. The van der Waals surface area contributed by atoms with Gasteiger partial charge in [-0.2, -0.15) is 0 Å². The normalized spacial score (nSPS) is 26.7. The molecule has 0 spiro atoms. The maximum Gasteiger partial charge on any atom is 0.224 e. The van der Waals surface area contributed by atoms with E-state index in [-0.39, 0.29) is 5.91 Å². The van der Waals surface area contributed by atoms with Gasteiger partial charge in [-0.15, -0.1) is 11.3 Å². The van der Waals surface area contributed by atoms with Gasteiger partial charge in [-0.3, -0.25) is 4.79 Å². The smallest absolute Gasteiger partial charge is 0.224 e. The Hall–Kier alpha value is -1.07. The largest absolute Gasteiger partial charge is 0.326 e. The van der Waals surface area contributed by atoms with Crippen molar-refractivity contribution >= 4 is 44.9 Å². The molecule has 1 aromatic carbocycles. The van der Waals surface area contributed by atoms with Crippen LogP contribution in [0.2, 0.25) is 0 Å². The van der Waals surface area contributed by atoms with Gasteiger partial charge in [-0.05, 0) is 61.5 Å². The molecule has 3 atom stereocenters. The quantitative estimate of drug-likeness (QED) is 0.819. The molecule has 0 radical (unpaired) electrons. The van der Waals surface area contributed by atoms with E-state index in [1.807, 2.05) is 24.5 Å². The minimum Gasteiger partial charge on any atom is -0.326 e. The van der Waals surface area contributed by atoms with E-state index in [4.69, 9.17) is 0 Å². The molecular weight excluding hydrogens is 312 g/mol. The predicted octanol–water partition coefficient (Wildman–Crippen LogP) is 4.78. The molecule has 2 saturated carbocycles. The number of thioether (sulfide) groups is 1. The number of hydrogen-bond donors (Lipinski definition) is 1. The first-order chi connectivity index (χ1) is 10.7. The number of aromatic nitrogens is 1. The van der Waals surface area contributed by atoms with Gasteiger partial charge in [0.1, 0.15) is 0 Å². The summed E-state index contributed by atoms with van der Waals surface area (Å²) in [7, 11) is 0. The molecule has 1 aromatic heterocycles. The Morgan fingerprint density at radius 3 is 3.05 bits per heavy atom. The Morgan fingerprint density at radius 1 is 1.41 bits per heavy atom. The first-order valence-electron chi connectivity index (χ1n) is 7.95. The molecule has 4 rings (SSSR count). The van der Waals surface area contributed by atoms with Gasteiger partial charge in [0, 0.05) is 12.1 Å². The molecule has 3 nitrogen and oxygen atoms in total. The van der Waals surface area contributed by atoms with Crippen molar-refractivity contribution in [2.45, 2.75) is 36.4 Å². The van der Waals surface area contributed by atoms with Crippen LogP contribution >= 0.6 is 23.1 Å². The molecule has 22 heavy (non-hydrogen) atoms. The summed E-state index contributed by atoms with van der Waals surface area (Å²) in [4.78, 5) is 16.8. The van der Waals surface area contributed by atoms with E-state index in [1.165, 1.54) is 25.7 Å². The van der Waals surface area contributed by atoms with Gasteiger partial charge < -0.3 is 5.32 Å². The van der Waals surface area contributed by atoms with E-state index in [2.05, 4.69) is 10.3 Å². The number of nitrogens with zero attached hydrogens (tertiary/aromatic N) is 1. The maximum atomic E-state index is 12.3. The van der Waals surface area contributed by atoms with Crippen LogP contribution in [0.1, 0.15) is 32.1 Å². The summed E-state index contributed by atoms with van der Waals surface area (Å²) in [6.45, 7) is 0. The highest BCUT2D eigenvalue weighted by atomic mass is 32.2. The lowest BCUT2D eigenvalue weighted by atomic mass is 9.86. The van der Waals surface area contributed by atoms with Gasteiger partial charge in [-0.1, -0.05) is 18.2 Å². The average Bonchev–Trinajstić information content (AvgIpc) is 3.20. The zero-order valence-corrected chi connectivity index (χ0v) is 14.3. The molecule has 2 aromatic rings. The number of fused-ring (bicyclic) bond motifs is 3. The monoisotopic (exact) mass is 332 g/mol. The Labute approximate surface area is 138 Å². The predicted molar refractivity (Wildman–Crippen MR) is 93.6 cm³/mol. The van der Waals surface area contributed by atoms with Crippen molar-refractivity contribution in [3.05, 3.63) is 18.2 Å². The molecule has 116 valence electrons. The lowest BCUT2D eigenvalue weighted by Gasteiger charge is -2.20. The topological polar surface area (TPSA) is 42.0 Å². The van der Waals surface area contributed by atoms with Crippen molar-refractivity contribution in [3.8, 4) is 0 Å². The van der Waals surface area contributed by atoms with Crippen LogP contribution in [0.15, 0.2) is 22.5 Å². The number of hydrogen-bond acceptors (Lipinski definition) is 4. The van der Waals surface area contributed by atoms with Crippen LogP contribution in [0.4, 0.5) is 5.69 Å². The third-order valence-electron chi connectivity index (χ3n) is 5.16. The Kier molecular flexibility index (Phi) is 3.86. The van der Waals surface area contributed by atoms with E-state index in [1.54, 1.807) is 23.1 Å².